The van der Waals surface area contributed by atoms with E-state index in [1.807, 2.05) is 36.4 Å². The van der Waals surface area contributed by atoms with Gasteiger partial charge in [0.1, 0.15) is 0 Å². The van der Waals surface area contributed by atoms with Gasteiger partial charge in [0, 0.05) is 0 Å². The minimum Gasteiger partial charge on any atom is -0.350 e. The lowest BCUT2D eigenvalue weighted by atomic mass is 9.70. The third kappa shape index (κ3) is 3.29. The van der Waals surface area contributed by atoms with E-state index in [2.05, 4.69) is 36.3 Å². The number of nitrogens with zero attached hydrogens (tertiary/aromatic N) is 2. The minimum atomic E-state index is -0.498. The Labute approximate surface area is 149 Å². The molecule has 1 heterocycles. The number of hydrogen-bond donors (Lipinski definition) is 1. The Bertz CT molecular complexity index is 701. The molecule has 1 aliphatic heterocycles. The van der Waals surface area contributed by atoms with Crippen LogP contribution in [0.3, 0.4) is 0 Å². The van der Waals surface area contributed by atoms with Crippen LogP contribution in [-0.4, -0.2) is 23.3 Å². The number of rotatable bonds is 6. The number of hydrazone groups is 1. The summed E-state index contributed by atoms with van der Waals surface area (Å²) in [6.07, 6.45) is 4.22. The summed E-state index contributed by atoms with van der Waals surface area (Å²) in [7, 11) is 0. The summed E-state index contributed by atoms with van der Waals surface area (Å²) >= 11 is 0. The van der Waals surface area contributed by atoms with Crippen molar-refractivity contribution >= 4 is 11.7 Å². The molecule has 2 aromatic carbocycles. The Morgan fingerprint density at radius 3 is 2.08 bits per heavy atom. The van der Waals surface area contributed by atoms with Gasteiger partial charge in [0.25, 0.3) is 0 Å². The fourth-order valence-electron chi connectivity index (χ4n) is 3.64. The van der Waals surface area contributed by atoms with Crippen LogP contribution in [0.4, 0.5) is 4.79 Å². The summed E-state index contributed by atoms with van der Waals surface area (Å²) in [4.78, 5) is 11.9. The van der Waals surface area contributed by atoms with Crippen molar-refractivity contribution in [2.45, 2.75) is 38.0 Å². The molecule has 2 amide bonds. The summed E-state index contributed by atoms with van der Waals surface area (Å²) in [5.41, 5.74) is 8.48. The monoisotopic (exact) mass is 335 g/mol. The molecular weight excluding hydrogens is 310 g/mol. The van der Waals surface area contributed by atoms with Crippen molar-refractivity contribution in [1.82, 2.24) is 5.01 Å². The van der Waals surface area contributed by atoms with Crippen LogP contribution in [0.25, 0.3) is 0 Å². The van der Waals surface area contributed by atoms with E-state index in [9.17, 15) is 4.79 Å². The van der Waals surface area contributed by atoms with Gasteiger partial charge in [-0.3, -0.25) is 0 Å². The van der Waals surface area contributed by atoms with E-state index in [4.69, 9.17) is 5.73 Å². The van der Waals surface area contributed by atoms with Crippen LogP contribution < -0.4 is 5.73 Å². The number of urea groups is 1. The van der Waals surface area contributed by atoms with Crippen molar-refractivity contribution in [3.63, 3.8) is 0 Å². The van der Waals surface area contributed by atoms with Crippen molar-refractivity contribution in [1.29, 1.82) is 0 Å². The molecule has 130 valence electrons. The maximum atomic E-state index is 11.9. The van der Waals surface area contributed by atoms with Gasteiger partial charge < -0.3 is 5.73 Å². The molecule has 0 bridgehead atoms. The number of carbonyl (C=O) groups excluding carboxylic acids is 1. The molecule has 2 aromatic rings. The number of unbranched alkanes of at least 4 members (excludes halogenated alkanes) is 2. The van der Waals surface area contributed by atoms with Crippen molar-refractivity contribution in [2.75, 3.05) is 6.54 Å². The summed E-state index contributed by atoms with van der Waals surface area (Å²) in [6.45, 7) is 2.64. The van der Waals surface area contributed by atoms with Crippen molar-refractivity contribution in [3.8, 4) is 0 Å². The summed E-state index contributed by atoms with van der Waals surface area (Å²) in [5, 5.41) is 6.06. The molecule has 0 aromatic heterocycles. The molecule has 25 heavy (non-hydrogen) atoms. The Kier molecular flexibility index (Phi) is 5.17. The molecule has 0 atom stereocenters. The van der Waals surface area contributed by atoms with Gasteiger partial charge in [-0.15, -0.1) is 0 Å². The van der Waals surface area contributed by atoms with Gasteiger partial charge in [-0.1, -0.05) is 80.4 Å². The quantitative estimate of drug-likeness (QED) is 0.786. The third-order valence-corrected chi connectivity index (χ3v) is 4.93. The molecule has 0 radical (unpaired) electrons. The van der Waals surface area contributed by atoms with Crippen LogP contribution in [0.15, 0.2) is 65.8 Å². The predicted molar refractivity (Wildman–Crippen MR) is 102 cm³/mol. The molecule has 4 heteroatoms. The molecule has 4 nitrogen and oxygen atoms in total. The second kappa shape index (κ2) is 7.51. The SMILES string of the molecule is CCCCCC1=NN(C(N)=O)CC1(c1ccccc1)c1ccccc1. The first kappa shape index (κ1) is 17.2. The Hall–Kier alpha value is -2.62. The Balaban J connectivity index is 2.12. The number of hydrogen-bond acceptors (Lipinski definition) is 2. The highest BCUT2D eigenvalue weighted by Gasteiger charge is 2.46. The second-order valence-electron chi connectivity index (χ2n) is 6.54. The van der Waals surface area contributed by atoms with Gasteiger partial charge in [-0.25, -0.2) is 9.80 Å². The second-order valence-corrected chi connectivity index (χ2v) is 6.54. The standard InChI is InChI=1S/C21H25N3O/c1-2-3-6-15-19-21(16-24(23-19)20(22)25,17-11-7-4-8-12-17)18-13-9-5-10-14-18/h4-5,7-14H,2-3,6,15-16H2,1H3,(H2,22,25). The number of amides is 2. The van der Waals surface area contributed by atoms with Crippen LogP contribution >= 0.6 is 0 Å². The molecule has 0 spiro atoms. The first-order valence-corrected chi connectivity index (χ1v) is 8.94. The van der Waals surface area contributed by atoms with Gasteiger partial charge in [0.05, 0.1) is 17.7 Å². The molecular formula is C21H25N3O. The number of nitrogens with two attached hydrogens (primary N) is 1. The molecule has 0 aliphatic carbocycles. The van der Waals surface area contributed by atoms with E-state index in [0.717, 1.165) is 42.5 Å². The molecule has 3 rings (SSSR count). The minimum absolute atomic E-state index is 0.425. The third-order valence-electron chi connectivity index (χ3n) is 4.93. The van der Waals surface area contributed by atoms with E-state index >= 15 is 0 Å². The van der Waals surface area contributed by atoms with Crippen LogP contribution in [0, 0.1) is 0 Å². The molecule has 2 N–H and O–H groups in total. The molecule has 0 fully saturated rings. The number of primary amides is 1. The zero-order valence-corrected chi connectivity index (χ0v) is 14.7. The summed E-state index contributed by atoms with van der Waals surface area (Å²) in [5.74, 6) is 0. The van der Waals surface area contributed by atoms with Gasteiger partial charge in [0.15, 0.2) is 0 Å². The van der Waals surface area contributed by atoms with E-state index < -0.39 is 11.4 Å². The van der Waals surface area contributed by atoms with Crippen molar-refractivity contribution in [3.05, 3.63) is 71.8 Å². The van der Waals surface area contributed by atoms with Gasteiger partial charge in [-0.2, -0.15) is 5.10 Å². The summed E-state index contributed by atoms with van der Waals surface area (Å²) < 4.78 is 0. The molecule has 0 unspecified atom stereocenters. The normalized spacial score (nSPS) is 15.9. The number of benzene rings is 2. The topological polar surface area (TPSA) is 58.7 Å². The fourth-order valence-corrected chi connectivity index (χ4v) is 3.64. The maximum absolute atomic E-state index is 11.9. The van der Waals surface area contributed by atoms with E-state index in [-0.39, 0.29) is 0 Å². The average Bonchev–Trinajstić information content (AvgIpc) is 3.04. The predicted octanol–water partition coefficient (Wildman–Crippen LogP) is 4.30. The zero-order valence-electron chi connectivity index (χ0n) is 14.7. The molecule has 0 saturated heterocycles. The van der Waals surface area contributed by atoms with E-state index in [0.29, 0.717) is 6.54 Å². The van der Waals surface area contributed by atoms with Crippen LogP contribution in [0.5, 0.6) is 0 Å². The fraction of sp³-hybridized carbons (Fsp3) is 0.333. The van der Waals surface area contributed by atoms with Crippen molar-refractivity contribution < 1.29 is 4.79 Å². The van der Waals surface area contributed by atoms with Gasteiger partial charge in [0.2, 0.25) is 0 Å². The Morgan fingerprint density at radius 2 is 1.60 bits per heavy atom. The van der Waals surface area contributed by atoms with Gasteiger partial charge >= 0.3 is 6.03 Å². The summed E-state index contributed by atoms with van der Waals surface area (Å²) in [6, 6.07) is 20.1. The largest absolute Gasteiger partial charge is 0.350 e. The molecule has 0 saturated carbocycles. The average molecular weight is 335 g/mol. The van der Waals surface area contributed by atoms with Crippen molar-refractivity contribution in [2.24, 2.45) is 10.8 Å². The maximum Gasteiger partial charge on any atom is 0.335 e. The Morgan fingerprint density at radius 1 is 1.04 bits per heavy atom. The highest BCUT2D eigenvalue weighted by molar-refractivity contribution is 6.01. The first-order chi connectivity index (χ1) is 12.2. The number of carbonyl (C=O) groups is 1. The van der Waals surface area contributed by atoms with Crippen LogP contribution in [0.2, 0.25) is 0 Å². The van der Waals surface area contributed by atoms with Gasteiger partial charge in [-0.05, 0) is 24.0 Å². The van der Waals surface area contributed by atoms with Crippen LogP contribution in [-0.2, 0) is 5.41 Å². The van der Waals surface area contributed by atoms with Crippen LogP contribution in [0.1, 0.15) is 43.7 Å². The lowest BCUT2D eigenvalue weighted by Crippen LogP contribution is -2.42. The smallest absolute Gasteiger partial charge is 0.335 e. The lowest BCUT2D eigenvalue weighted by Gasteiger charge is -2.32. The van der Waals surface area contributed by atoms with E-state index in [1.54, 1.807) is 0 Å². The van der Waals surface area contributed by atoms with E-state index in [1.165, 1.54) is 5.01 Å². The highest BCUT2D eigenvalue weighted by atomic mass is 16.2. The zero-order chi connectivity index (χ0) is 17.7. The lowest BCUT2D eigenvalue weighted by molar-refractivity contribution is 0.211. The molecule has 1 aliphatic rings. The highest BCUT2D eigenvalue weighted by Crippen LogP contribution is 2.40. The first-order valence-electron chi connectivity index (χ1n) is 8.94.